The molecule has 0 bridgehead atoms. The number of hydrogen-bond acceptors (Lipinski definition) is 5. The highest BCUT2D eigenvalue weighted by atomic mass is 32.1. The van der Waals surface area contributed by atoms with Crippen LogP contribution in [-0.4, -0.2) is 41.9 Å². The van der Waals surface area contributed by atoms with E-state index in [0.29, 0.717) is 25.9 Å². The number of carbonyl (C=O) groups excluding carboxylic acids is 2. The second-order valence-electron chi connectivity index (χ2n) is 8.96. The fraction of sp³-hybridized carbons (Fsp3) is 0.500. The second kappa shape index (κ2) is 9.10. The third-order valence-corrected chi connectivity index (χ3v) is 7.94. The van der Waals surface area contributed by atoms with Crippen LogP contribution < -0.4 is 16.6 Å². The lowest BCUT2D eigenvalue weighted by Crippen LogP contribution is -2.57. The van der Waals surface area contributed by atoms with Crippen LogP contribution in [0.5, 0.6) is 0 Å². The Hall–Kier alpha value is -2.22. The normalized spacial score (nSPS) is 28.6. The van der Waals surface area contributed by atoms with Gasteiger partial charge in [0.2, 0.25) is 11.8 Å². The number of hydrazine groups is 1. The SMILES string of the molecule is CCC1NNC(C(=O)N2CCCC(Cc3ccccc3-c3cccs3)(C(N)=O)C2)C1C. The van der Waals surface area contributed by atoms with E-state index in [-0.39, 0.29) is 29.8 Å². The Bertz CT molecular complexity index is 931. The molecule has 0 radical (unpaired) electrons. The third kappa shape index (κ3) is 4.27. The van der Waals surface area contributed by atoms with Crippen LogP contribution in [0.1, 0.15) is 38.7 Å². The summed E-state index contributed by atoms with van der Waals surface area (Å²) in [6.07, 6.45) is 2.99. The Labute approximate surface area is 188 Å². The maximum Gasteiger partial charge on any atom is 0.241 e. The molecule has 2 amide bonds. The van der Waals surface area contributed by atoms with Crippen LogP contribution in [0.3, 0.4) is 0 Å². The van der Waals surface area contributed by atoms with E-state index in [4.69, 9.17) is 5.73 Å². The summed E-state index contributed by atoms with van der Waals surface area (Å²) in [5.41, 5.74) is 13.9. The first-order chi connectivity index (χ1) is 14.9. The van der Waals surface area contributed by atoms with E-state index in [1.165, 1.54) is 4.88 Å². The van der Waals surface area contributed by atoms with E-state index >= 15 is 0 Å². The summed E-state index contributed by atoms with van der Waals surface area (Å²) in [5, 5.41) is 2.06. The highest BCUT2D eigenvalue weighted by Gasteiger charge is 2.45. The van der Waals surface area contributed by atoms with E-state index < -0.39 is 5.41 Å². The van der Waals surface area contributed by atoms with E-state index in [1.807, 2.05) is 23.1 Å². The monoisotopic (exact) mass is 440 g/mol. The molecule has 166 valence electrons. The van der Waals surface area contributed by atoms with E-state index in [9.17, 15) is 9.59 Å². The summed E-state index contributed by atoms with van der Waals surface area (Å²) in [7, 11) is 0. The van der Waals surface area contributed by atoms with Crippen LogP contribution in [0.15, 0.2) is 41.8 Å². The van der Waals surface area contributed by atoms with Crippen LogP contribution in [0.4, 0.5) is 0 Å². The number of carbonyl (C=O) groups is 2. The predicted octanol–water partition coefficient (Wildman–Crippen LogP) is 2.94. The van der Waals surface area contributed by atoms with Crippen LogP contribution in [0, 0.1) is 11.3 Å². The lowest BCUT2D eigenvalue weighted by molar-refractivity contribution is -0.142. The van der Waals surface area contributed by atoms with Gasteiger partial charge >= 0.3 is 0 Å². The average molecular weight is 441 g/mol. The van der Waals surface area contributed by atoms with Gasteiger partial charge in [-0.2, -0.15) is 0 Å². The van der Waals surface area contributed by atoms with Crippen molar-refractivity contribution in [3.8, 4) is 10.4 Å². The molecule has 3 heterocycles. The molecule has 2 aromatic rings. The van der Waals surface area contributed by atoms with Crippen LogP contribution >= 0.6 is 11.3 Å². The number of primary amides is 1. The minimum Gasteiger partial charge on any atom is -0.369 e. The Morgan fingerprint density at radius 3 is 2.71 bits per heavy atom. The van der Waals surface area contributed by atoms with Crippen molar-refractivity contribution >= 4 is 23.2 Å². The first-order valence-electron chi connectivity index (χ1n) is 11.2. The first kappa shape index (κ1) is 22.0. The Balaban J connectivity index is 1.58. The summed E-state index contributed by atoms with van der Waals surface area (Å²) in [6.45, 7) is 5.27. The van der Waals surface area contributed by atoms with Gasteiger partial charge in [-0.25, -0.2) is 5.43 Å². The van der Waals surface area contributed by atoms with E-state index in [1.54, 1.807) is 11.3 Å². The van der Waals surface area contributed by atoms with Crippen LogP contribution in [-0.2, 0) is 16.0 Å². The second-order valence-corrected chi connectivity index (χ2v) is 9.91. The molecule has 7 heteroatoms. The Kier molecular flexibility index (Phi) is 6.46. The van der Waals surface area contributed by atoms with Gasteiger partial charge in [0.25, 0.3) is 0 Å². The molecule has 4 unspecified atom stereocenters. The summed E-state index contributed by atoms with van der Waals surface area (Å²) in [6, 6.07) is 12.4. The summed E-state index contributed by atoms with van der Waals surface area (Å²) in [4.78, 5) is 29.2. The topological polar surface area (TPSA) is 87.5 Å². The van der Waals surface area contributed by atoms with Gasteiger partial charge in [-0.15, -0.1) is 11.3 Å². The van der Waals surface area contributed by atoms with Crippen molar-refractivity contribution < 1.29 is 9.59 Å². The van der Waals surface area contributed by atoms with Crippen molar-refractivity contribution in [3.05, 3.63) is 47.3 Å². The number of nitrogens with two attached hydrogens (primary N) is 1. The highest BCUT2D eigenvalue weighted by Crippen LogP contribution is 2.38. The van der Waals surface area contributed by atoms with Gasteiger partial charge in [0.1, 0.15) is 6.04 Å². The third-order valence-electron chi connectivity index (χ3n) is 7.03. The van der Waals surface area contributed by atoms with Gasteiger partial charge in [-0.05, 0) is 54.2 Å². The molecule has 2 aliphatic heterocycles. The van der Waals surface area contributed by atoms with Crippen molar-refractivity contribution in [2.45, 2.75) is 51.6 Å². The highest BCUT2D eigenvalue weighted by molar-refractivity contribution is 7.13. The molecule has 2 fully saturated rings. The van der Waals surface area contributed by atoms with Crippen LogP contribution in [0.2, 0.25) is 0 Å². The molecular weight excluding hydrogens is 408 g/mol. The molecule has 4 N–H and O–H groups in total. The van der Waals surface area contributed by atoms with Gasteiger partial charge in [-0.1, -0.05) is 44.2 Å². The molecule has 0 saturated carbocycles. The van der Waals surface area contributed by atoms with Gasteiger partial charge < -0.3 is 10.6 Å². The van der Waals surface area contributed by atoms with Crippen LogP contribution in [0.25, 0.3) is 10.4 Å². The van der Waals surface area contributed by atoms with Crippen molar-refractivity contribution in [3.63, 3.8) is 0 Å². The summed E-state index contributed by atoms with van der Waals surface area (Å²) in [5.74, 6) is -0.0576. The minimum absolute atomic E-state index is 0.0628. The molecule has 6 nitrogen and oxygen atoms in total. The molecule has 2 saturated heterocycles. The largest absolute Gasteiger partial charge is 0.369 e. The lowest BCUT2D eigenvalue weighted by atomic mass is 9.73. The van der Waals surface area contributed by atoms with Crippen molar-refractivity contribution in [2.24, 2.45) is 17.1 Å². The zero-order chi connectivity index (χ0) is 22.0. The fourth-order valence-electron chi connectivity index (χ4n) is 5.11. The fourth-order valence-corrected chi connectivity index (χ4v) is 5.90. The number of benzene rings is 1. The predicted molar refractivity (Wildman–Crippen MR) is 124 cm³/mol. The van der Waals surface area contributed by atoms with Gasteiger partial charge in [0.05, 0.1) is 5.41 Å². The Morgan fingerprint density at radius 1 is 1.23 bits per heavy atom. The Morgan fingerprint density at radius 2 is 2.03 bits per heavy atom. The number of piperidine rings is 1. The van der Waals surface area contributed by atoms with E-state index in [2.05, 4.69) is 48.3 Å². The number of rotatable bonds is 6. The van der Waals surface area contributed by atoms with Gasteiger partial charge in [0, 0.05) is 24.0 Å². The molecular formula is C24H32N4O2S. The van der Waals surface area contributed by atoms with Crippen molar-refractivity contribution in [1.82, 2.24) is 15.8 Å². The number of likely N-dealkylation sites (tertiary alicyclic amines) is 1. The van der Waals surface area contributed by atoms with Gasteiger partial charge in [0.15, 0.2) is 0 Å². The molecule has 4 atom stereocenters. The maximum absolute atomic E-state index is 13.4. The van der Waals surface area contributed by atoms with E-state index in [0.717, 1.165) is 24.0 Å². The zero-order valence-electron chi connectivity index (χ0n) is 18.3. The molecule has 4 rings (SSSR count). The summed E-state index contributed by atoms with van der Waals surface area (Å²) >= 11 is 1.69. The van der Waals surface area contributed by atoms with Gasteiger partial charge in [-0.3, -0.25) is 15.0 Å². The quantitative estimate of drug-likeness (QED) is 0.645. The molecule has 2 aliphatic rings. The molecule has 1 aromatic heterocycles. The number of nitrogens with zero attached hydrogens (tertiary/aromatic N) is 1. The number of amides is 2. The summed E-state index contributed by atoms with van der Waals surface area (Å²) < 4.78 is 0. The average Bonchev–Trinajstić information content (AvgIpc) is 3.43. The molecule has 0 spiro atoms. The molecule has 1 aromatic carbocycles. The van der Waals surface area contributed by atoms with Crippen molar-refractivity contribution in [2.75, 3.05) is 13.1 Å². The first-order valence-corrected chi connectivity index (χ1v) is 12.0. The van der Waals surface area contributed by atoms with Crippen molar-refractivity contribution in [1.29, 1.82) is 0 Å². The smallest absolute Gasteiger partial charge is 0.241 e. The molecule has 0 aliphatic carbocycles. The number of hydrogen-bond donors (Lipinski definition) is 3. The number of thiophene rings is 1. The maximum atomic E-state index is 13.4. The standard InChI is InChI=1S/C24H32N4O2S/c1-3-19-16(2)21(27-26-19)22(29)28-12-7-11-24(15-28,23(25)30)14-17-8-4-5-9-18(17)20-10-6-13-31-20/h4-6,8-10,13,16,19,21,26-27H,3,7,11-12,14-15H2,1-2H3,(H2,25,30). The zero-order valence-corrected chi connectivity index (χ0v) is 19.1. The lowest BCUT2D eigenvalue weighted by Gasteiger charge is -2.42. The minimum atomic E-state index is -0.749. The molecule has 31 heavy (non-hydrogen) atoms. The number of nitrogens with one attached hydrogen (secondary N) is 2.